The molecule has 1 aromatic carbocycles. The number of ether oxygens (including phenoxy) is 1. The summed E-state index contributed by atoms with van der Waals surface area (Å²) in [5, 5.41) is 5.63. The van der Waals surface area contributed by atoms with Crippen LogP contribution >= 0.6 is 11.3 Å². The number of benzene rings is 1. The molecule has 150 valence electrons. The fraction of sp³-hybridized carbons (Fsp3) is 0.238. The van der Waals surface area contributed by atoms with Crippen LogP contribution < -0.4 is 5.32 Å². The molecule has 0 saturated heterocycles. The van der Waals surface area contributed by atoms with E-state index in [0.29, 0.717) is 17.9 Å². The fourth-order valence-electron chi connectivity index (χ4n) is 2.74. The number of rotatable bonds is 7. The number of nitrogens with one attached hydrogen (secondary N) is 1. The normalized spacial score (nSPS) is 10.8. The van der Waals surface area contributed by atoms with Gasteiger partial charge in [0.15, 0.2) is 0 Å². The van der Waals surface area contributed by atoms with E-state index in [4.69, 9.17) is 4.74 Å². The highest BCUT2D eigenvalue weighted by atomic mass is 32.1. The van der Waals surface area contributed by atoms with E-state index in [-0.39, 0.29) is 18.4 Å². The van der Waals surface area contributed by atoms with Crippen LogP contribution in [-0.4, -0.2) is 47.4 Å². The van der Waals surface area contributed by atoms with Crippen LogP contribution in [-0.2, 0) is 16.1 Å². The molecule has 7 nitrogen and oxygen atoms in total. The van der Waals surface area contributed by atoms with Gasteiger partial charge in [-0.3, -0.25) is 9.69 Å². The third kappa shape index (κ3) is 5.69. The van der Waals surface area contributed by atoms with Crippen LogP contribution in [0.1, 0.15) is 21.6 Å². The van der Waals surface area contributed by atoms with E-state index in [1.54, 1.807) is 18.3 Å². The maximum Gasteiger partial charge on any atom is 0.337 e. The molecule has 0 aliphatic carbocycles. The molecule has 2 aromatic heterocycles. The van der Waals surface area contributed by atoms with Crippen LogP contribution in [0.2, 0.25) is 0 Å². The maximum atomic E-state index is 12.2. The van der Waals surface area contributed by atoms with Crippen molar-refractivity contribution in [2.45, 2.75) is 13.5 Å². The molecule has 0 aliphatic heterocycles. The summed E-state index contributed by atoms with van der Waals surface area (Å²) in [6.07, 6.45) is 1.67. The van der Waals surface area contributed by atoms with E-state index in [1.807, 2.05) is 48.5 Å². The topological polar surface area (TPSA) is 84.4 Å². The quantitative estimate of drug-likeness (QED) is 0.601. The van der Waals surface area contributed by atoms with Gasteiger partial charge < -0.3 is 10.1 Å². The summed E-state index contributed by atoms with van der Waals surface area (Å²) >= 11 is 1.52. The Morgan fingerprint density at radius 1 is 1.21 bits per heavy atom. The second-order valence-electron chi connectivity index (χ2n) is 6.65. The van der Waals surface area contributed by atoms with Crippen LogP contribution in [0.15, 0.2) is 48.0 Å². The van der Waals surface area contributed by atoms with Crippen molar-refractivity contribution in [3.05, 3.63) is 64.8 Å². The summed E-state index contributed by atoms with van der Waals surface area (Å²) in [6.45, 7) is 2.73. The van der Waals surface area contributed by atoms with Crippen LogP contribution in [0.5, 0.6) is 0 Å². The van der Waals surface area contributed by atoms with E-state index < -0.39 is 0 Å². The van der Waals surface area contributed by atoms with Crippen molar-refractivity contribution in [3.63, 3.8) is 0 Å². The monoisotopic (exact) mass is 410 g/mol. The second kappa shape index (κ2) is 9.40. The first-order valence-corrected chi connectivity index (χ1v) is 9.87. The predicted molar refractivity (Wildman–Crippen MR) is 113 cm³/mol. The highest BCUT2D eigenvalue weighted by Gasteiger charge is 2.12. The van der Waals surface area contributed by atoms with Gasteiger partial charge in [0, 0.05) is 23.7 Å². The van der Waals surface area contributed by atoms with Gasteiger partial charge in [0.25, 0.3) is 0 Å². The van der Waals surface area contributed by atoms with Gasteiger partial charge in [-0.1, -0.05) is 12.1 Å². The van der Waals surface area contributed by atoms with Crippen molar-refractivity contribution >= 4 is 29.0 Å². The number of aromatic nitrogens is 2. The Balaban J connectivity index is 1.56. The molecule has 3 aromatic rings. The maximum absolute atomic E-state index is 12.2. The summed E-state index contributed by atoms with van der Waals surface area (Å²) < 4.78 is 4.71. The molecule has 0 unspecified atom stereocenters. The number of anilines is 1. The van der Waals surface area contributed by atoms with Gasteiger partial charge in [-0.15, -0.1) is 11.3 Å². The fourth-order valence-corrected chi connectivity index (χ4v) is 3.56. The van der Waals surface area contributed by atoms with Crippen LogP contribution in [0.4, 0.5) is 5.82 Å². The number of methoxy groups -OCH3 is 1. The molecule has 29 heavy (non-hydrogen) atoms. The lowest BCUT2D eigenvalue weighted by Gasteiger charge is -2.14. The summed E-state index contributed by atoms with van der Waals surface area (Å²) in [4.78, 5) is 34.4. The zero-order valence-electron chi connectivity index (χ0n) is 16.5. The largest absolute Gasteiger partial charge is 0.465 e. The van der Waals surface area contributed by atoms with E-state index in [9.17, 15) is 9.59 Å². The minimum absolute atomic E-state index is 0.126. The molecule has 1 amide bonds. The second-order valence-corrected chi connectivity index (χ2v) is 7.51. The molecule has 0 spiro atoms. The van der Waals surface area contributed by atoms with Crippen molar-refractivity contribution in [1.82, 2.24) is 14.9 Å². The smallest absolute Gasteiger partial charge is 0.337 e. The predicted octanol–water partition coefficient (Wildman–Crippen LogP) is 3.37. The number of hydrogen-bond donors (Lipinski definition) is 1. The van der Waals surface area contributed by atoms with Gasteiger partial charge in [-0.05, 0) is 43.8 Å². The molecule has 8 heteroatoms. The SMILES string of the molecule is COC(=O)c1ccc(-c2nc(CN(C)CC(=O)Nc3cc(C)ccn3)cs2)cc1. The summed E-state index contributed by atoms with van der Waals surface area (Å²) in [5.41, 5.74) is 3.35. The van der Waals surface area contributed by atoms with Crippen LogP contribution in [0.25, 0.3) is 10.6 Å². The van der Waals surface area contributed by atoms with E-state index in [0.717, 1.165) is 21.8 Å². The first-order valence-electron chi connectivity index (χ1n) is 8.99. The minimum atomic E-state index is -0.364. The van der Waals surface area contributed by atoms with E-state index >= 15 is 0 Å². The van der Waals surface area contributed by atoms with Crippen molar-refractivity contribution in [2.75, 3.05) is 26.0 Å². The number of hydrogen-bond acceptors (Lipinski definition) is 7. The Bertz CT molecular complexity index is 1000. The van der Waals surface area contributed by atoms with E-state index in [1.165, 1.54) is 18.4 Å². The molecule has 0 saturated carbocycles. The molecular weight excluding hydrogens is 388 g/mol. The average Bonchev–Trinajstić information content (AvgIpc) is 3.15. The molecule has 3 rings (SSSR count). The van der Waals surface area contributed by atoms with Gasteiger partial charge >= 0.3 is 5.97 Å². The molecule has 0 bridgehead atoms. The van der Waals surface area contributed by atoms with Crippen molar-refractivity contribution in [3.8, 4) is 10.6 Å². The van der Waals surface area contributed by atoms with Crippen LogP contribution in [0.3, 0.4) is 0 Å². The number of aryl methyl sites for hydroxylation is 1. The number of nitrogens with zero attached hydrogens (tertiary/aromatic N) is 3. The minimum Gasteiger partial charge on any atom is -0.465 e. The standard InChI is InChI=1S/C21H22N4O3S/c1-14-8-9-22-18(10-14)24-19(26)12-25(2)11-17-13-29-20(23-17)15-4-6-16(7-5-15)21(27)28-3/h4-10,13H,11-12H2,1-3H3,(H,22,24,26). The molecule has 0 aliphatic rings. The number of esters is 1. The number of thiazole rings is 1. The zero-order chi connectivity index (χ0) is 20.8. The first kappa shape index (κ1) is 20.6. The zero-order valence-corrected chi connectivity index (χ0v) is 17.3. The Morgan fingerprint density at radius 3 is 2.66 bits per heavy atom. The number of pyridine rings is 1. The lowest BCUT2D eigenvalue weighted by molar-refractivity contribution is -0.117. The van der Waals surface area contributed by atoms with Gasteiger partial charge in [0.05, 0.1) is 24.9 Å². The van der Waals surface area contributed by atoms with Gasteiger partial charge in [0.2, 0.25) is 5.91 Å². The van der Waals surface area contributed by atoms with Gasteiger partial charge in [-0.2, -0.15) is 0 Å². The summed E-state index contributed by atoms with van der Waals surface area (Å²) in [7, 11) is 3.23. The molecule has 2 heterocycles. The first-order chi connectivity index (χ1) is 13.9. The molecule has 1 N–H and O–H groups in total. The molecular formula is C21H22N4O3S. The van der Waals surface area contributed by atoms with Crippen molar-refractivity contribution in [1.29, 1.82) is 0 Å². The Kier molecular flexibility index (Phi) is 6.69. The number of likely N-dealkylation sites (N-methyl/N-ethyl adjacent to an activating group) is 1. The summed E-state index contributed by atoms with van der Waals surface area (Å²) in [6, 6.07) is 10.8. The summed E-state index contributed by atoms with van der Waals surface area (Å²) in [5.74, 6) is 0.0614. The van der Waals surface area contributed by atoms with Crippen molar-refractivity contribution in [2.24, 2.45) is 0 Å². The lowest BCUT2D eigenvalue weighted by Crippen LogP contribution is -2.30. The van der Waals surface area contributed by atoms with Gasteiger partial charge in [-0.25, -0.2) is 14.8 Å². The lowest BCUT2D eigenvalue weighted by atomic mass is 10.1. The Hall–Kier alpha value is -3.10. The third-order valence-electron chi connectivity index (χ3n) is 4.13. The van der Waals surface area contributed by atoms with Gasteiger partial charge in [0.1, 0.15) is 10.8 Å². The molecule has 0 radical (unpaired) electrons. The van der Waals surface area contributed by atoms with Crippen LogP contribution in [0, 0.1) is 6.92 Å². The van der Waals surface area contributed by atoms with E-state index in [2.05, 4.69) is 15.3 Å². The molecule has 0 atom stereocenters. The van der Waals surface area contributed by atoms with Crippen molar-refractivity contribution < 1.29 is 14.3 Å². The Labute approximate surface area is 173 Å². The molecule has 0 fully saturated rings. The number of amides is 1. The third-order valence-corrected chi connectivity index (χ3v) is 5.07. The highest BCUT2D eigenvalue weighted by Crippen LogP contribution is 2.24. The average molecular weight is 410 g/mol. The number of carbonyl (C=O) groups is 2. The number of carbonyl (C=O) groups excluding carboxylic acids is 2. The Morgan fingerprint density at radius 2 is 1.97 bits per heavy atom. The highest BCUT2D eigenvalue weighted by molar-refractivity contribution is 7.13.